The van der Waals surface area contributed by atoms with E-state index >= 15 is 0 Å². The highest BCUT2D eigenvalue weighted by Gasteiger charge is 2.08. The maximum Gasteiger partial charge on any atom is 0.125 e. The molecule has 3 nitrogen and oxygen atoms in total. The predicted molar refractivity (Wildman–Crippen MR) is 44.8 cm³/mol. The van der Waals surface area contributed by atoms with Gasteiger partial charge < -0.3 is 16.6 Å². The second kappa shape index (κ2) is 3.51. The highest BCUT2D eigenvalue weighted by Crippen LogP contribution is 2.18. The van der Waals surface area contributed by atoms with Crippen molar-refractivity contribution >= 4 is 5.69 Å². The number of rotatable bonds is 2. The highest BCUT2D eigenvalue weighted by atomic mass is 19.1. The zero-order chi connectivity index (χ0) is 9.14. The fraction of sp³-hybridized carbons (Fsp3) is 0.250. The van der Waals surface area contributed by atoms with Gasteiger partial charge in [-0.1, -0.05) is 6.07 Å². The number of anilines is 1. The Morgan fingerprint density at radius 1 is 1.50 bits per heavy atom. The van der Waals surface area contributed by atoms with Crippen LogP contribution in [0.1, 0.15) is 11.6 Å². The molecule has 0 radical (unpaired) electrons. The Bertz CT molecular complexity index is 278. The molecule has 0 amide bonds. The van der Waals surface area contributed by atoms with Crippen LogP contribution in [0.5, 0.6) is 0 Å². The molecule has 1 rings (SSSR count). The first-order valence-corrected chi connectivity index (χ1v) is 3.56. The lowest BCUT2D eigenvalue weighted by Gasteiger charge is -2.10. The van der Waals surface area contributed by atoms with Crippen LogP contribution in [-0.2, 0) is 0 Å². The summed E-state index contributed by atoms with van der Waals surface area (Å²) in [5, 5.41) is 8.71. The van der Waals surface area contributed by atoms with E-state index in [2.05, 4.69) is 0 Å². The lowest BCUT2D eigenvalue weighted by Crippen LogP contribution is -2.16. The lowest BCUT2D eigenvalue weighted by atomic mass is 10.1. The number of halogens is 1. The maximum absolute atomic E-state index is 12.5. The molecular weight excluding hydrogens is 159 g/mol. The van der Waals surface area contributed by atoms with Crippen LogP contribution in [0.25, 0.3) is 0 Å². The van der Waals surface area contributed by atoms with Crippen molar-refractivity contribution < 1.29 is 9.50 Å². The van der Waals surface area contributed by atoms with E-state index in [4.69, 9.17) is 16.6 Å². The molecule has 0 bridgehead atoms. The van der Waals surface area contributed by atoms with E-state index in [0.29, 0.717) is 5.56 Å². The van der Waals surface area contributed by atoms with Crippen LogP contribution in [0.2, 0.25) is 0 Å². The summed E-state index contributed by atoms with van der Waals surface area (Å²) in [6, 6.07) is 3.39. The van der Waals surface area contributed by atoms with E-state index in [1.165, 1.54) is 18.2 Å². The van der Waals surface area contributed by atoms with Gasteiger partial charge in [0.05, 0.1) is 12.6 Å². The molecule has 1 aromatic carbocycles. The van der Waals surface area contributed by atoms with Crippen LogP contribution >= 0.6 is 0 Å². The predicted octanol–water partition coefficient (Wildman–Crippen LogP) is 0.400. The van der Waals surface area contributed by atoms with Gasteiger partial charge in [-0.3, -0.25) is 0 Å². The van der Waals surface area contributed by atoms with Crippen molar-refractivity contribution in [2.24, 2.45) is 5.73 Å². The van der Waals surface area contributed by atoms with Gasteiger partial charge >= 0.3 is 0 Å². The number of aliphatic hydroxyl groups excluding tert-OH is 1. The number of hydrogen-bond donors (Lipinski definition) is 3. The molecule has 0 aliphatic carbocycles. The minimum atomic E-state index is -0.536. The molecule has 0 heterocycles. The van der Waals surface area contributed by atoms with E-state index < -0.39 is 11.9 Å². The van der Waals surface area contributed by atoms with Crippen molar-refractivity contribution in [2.75, 3.05) is 12.3 Å². The molecule has 0 aromatic heterocycles. The quantitative estimate of drug-likeness (QED) is 0.562. The average Bonchev–Trinajstić information content (AvgIpc) is 2.03. The van der Waals surface area contributed by atoms with Crippen molar-refractivity contribution in [2.45, 2.75) is 6.04 Å². The number of hydrogen-bond acceptors (Lipinski definition) is 3. The monoisotopic (exact) mass is 170 g/mol. The van der Waals surface area contributed by atoms with Gasteiger partial charge in [0, 0.05) is 5.69 Å². The third-order valence-electron chi connectivity index (χ3n) is 1.65. The van der Waals surface area contributed by atoms with E-state index in [1.54, 1.807) is 0 Å². The molecule has 0 unspecified atom stereocenters. The van der Waals surface area contributed by atoms with Crippen molar-refractivity contribution in [3.63, 3.8) is 0 Å². The average molecular weight is 170 g/mol. The van der Waals surface area contributed by atoms with E-state index in [1.807, 2.05) is 0 Å². The molecule has 0 saturated carbocycles. The Balaban J connectivity index is 3.01. The maximum atomic E-state index is 12.5. The van der Waals surface area contributed by atoms with Crippen LogP contribution in [-0.4, -0.2) is 11.7 Å². The zero-order valence-corrected chi connectivity index (χ0v) is 6.50. The van der Waals surface area contributed by atoms with E-state index in [9.17, 15) is 4.39 Å². The summed E-state index contributed by atoms with van der Waals surface area (Å²) in [5.74, 6) is -0.401. The zero-order valence-electron chi connectivity index (χ0n) is 6.50. The van der Waals surface area contributed by atoms with Crippen LogP contribution in [0.15, 0.2) is 18.2 Å². The minimum Gasteiger partial charge on any atom is -0.398 e. The number of benzene rings is 1. The van der Waals surface area contributed by atoms with Crippen molar-refractivity contribution in [3.8, 4) is 0 Å². The van der Waals surface area contributed by atoms with Crippen LogP contribution < -0.4 is 11.5 Å². The van der Waals surface area contributed by atoms with Gasteiger partial charge in [0.2, 0.25) is 0 Å². The Hall–Kier alpha value is -1.13. The van der Waals surface area contributed by atoms with E-state index in [0.717, 1.165) is 0 Å². The topological polar surface area (TPSA) is 72.3 Å². The molecule has 1 aromatic rings. The van der Waals surface area contributed by atoms with Crippen LogP contribution in [0.4, 0.5) is 10.1 Å². The van der Waals surface area contributed by atoms with Crippen molar-refractivity contribution in [3.05, 3.63) is 29.6 Å². The van der Waals surface area contributed by atoms with Gasteiger partial charge in [0.25, 0.3) is 0 Å². The summed E-state index contributed by atoms with van der Waals surface area (Å²) in [4.78, 5) is 0. The smallest absolute Gasteiger partial charge is 0.125 e. The van der Waals surface area contributed by atoms with Crippen LogP contribution in [0.3, 0.4) is 0 Å². The first-order valence-electron chi connectivity index (χ1n) is 3.56. The number of nitrogen functional groups attached to an aromatic ring is 1. The molecule has 0 saturated heterocycles. The Morgan fingerprint density at radius 2 is 2.17 bits per heavy atom. The Labute approximate surface area is 69.8 Å². The molecule has 0 spiro atoms. The van der Waals surface area contributed by atoms with E-state index in [-0.39, 0.29) is 12.3 Å². The van der Waals surface area contributed by atoms with Gasteiger partial charge in [-0.2, -0.15) is 0 Å². The molecular formula is C8H11FN2O. The fourth-order valence-electron chi connectivity index (χ4n) is 0.982. The SMILES string of the molecule is Nc1cc(F)ccc1[C@@H](N)CO. The summed E-state index contributed by atoms with van der Waals surface area (Å²) >= 11 is 0. The fourth-order valence-corrected chi connectivity index (χ4v) is 0.982. The molecule has 0 fully saturated rings. The molecule has 12 heavy (non-hydrogen) atoms. The third-order valence-corrected chi connectivity index (χ3v) is 1.65. The van der Waals surface area contributed by atoms with Gasteiger partial charge in [-0.25, -0.2) is 4.39 Å². The molecule has 0 aliphatic rings. The number of nitrogens with two attached hydrogens (primary N) is 2. The summed E-state index contributed by atoms with van der Waals surface area (Å²) in [6.45, 7) is -0.199. The third kappa shape index (κ3) is 1.72. The standard InChI is InChI=1S/C8H11FN2O/c9-5-1-2-6(7(10)3-5)8(11)4-12/h1-3,8,12H,4,10-11H2/t8-/m0/s1. The van der Waals surface area contributed by atoms with Gasteiger partial charge in [-0.05, 0) is 17.7 Å². The van der Waals surface area contributed by atoms with Crippen LogP contribution in [0, 0.1) is 5.82 Å². The molecule has 1 atom stereocenters. The summed E-state index contributed by atoms with van der Waals surface area (Å²) in [5.41, 5.74) is 11.8. The van der Waals surface area contributed by atoms with Gasteiger partial charge in [-0.15, -0.1) is 0 Å². The van der Waals surface area contributed by atoms with Crippen molar-refractivity contribution in [1.82, 2.24) is 0 Å². The molecule has 0 aliphatic heterocycles. The normalized spacial score (nSPS) is 12.9. The second-order valence-electron chi connectivity index (χ2n) is 2.56. The molecule has 5 N–H and O–H groups in total. The Kier molecular flexibility index (Phi) is 2.62. The van der Waals surface area contributed by atoms with Crippen molar-refractivity contribution in [1.29, 1.82) is 0 Å². The second-order valence-corrected chi connectivity index (χ2v) is 2.56. The first-order chi connectivity index (χ1) is 5.65. The summed E-state index contributed by atoms with van der Waals surface area (Å²) in [7, 11) is 0. The highest BCUT2D eigenvalue weighted by molar-refractivity contribution is 5.48. The van der Waals surface area contributed by atoms with Gasteiger partial charge in [0.15, 0.2) is 0 Å². The lowest BCUT2D eigenvalue weighted by molar-refractivity contribution is 0.268. The Morgan fingerprint density at radius 3 is 2.67 bits per heavy atom. The van der Waals surface area contributed by atoms with Gasteiger partial charge in [0.1, 0.15) is 5.82 Å². The minimum absolute atomic E-state index is 0.199. The first kappa shape index (κ1) is 8.96. The summed E-state index contributed by atoms with van der Waals surface area (Å²) in [6.07, 6.45) is 0. The molecule has 66 valence electrons. The molecule has 4 heteroatoms. The summed E-state index contributed by atoms with van der Waals surface area (Å²) < 4.78 is 12.5. The number of aliphatic hydroxyl groups is 1. The largest absolute Gasteiger partial charge is 0.398 e.